The molecule has 4 rings (SSSR count). The molecule has 0 radical (unpaired) electrons. The molecule has 2 heterocycles. The highest BCUT2D eigenvalue weighted by atomic mass is 16.6. The summed E-state index contributed by atoms with van der Waals surface area (Å²) < 4.78 is 10.6. The van der Waals surface area contributed by atoms with Crippen LogP contribution in [0.5, 0.6) is 5.75 Å². The number of hydrogen-bond acceptors (Lipinski definition) is 4. The van der Waals surface area contributed by atoms with E-state index in [0.717, 1.165) is 43.4 Å². The number of methoxy groups -OCH3 is 1. The Labute approximate surface area is 160 Å². The zero-order valence-corrected chi connectivity index (χ0v) is 16.2. The lowest BCUT2D eigenvalue weighted by Gasteiger charge is -2.46. The maximum absolute atomic E-state index is 13.8. The summed E-state index contributed by atoms with van der Waals surface area (Å²) in [4.78, 5) is 29.6. The Morgan fingerprint density at radius 3 is 2.52 bits per heavy atom. The van der Waals surface area contributed by atoms with Crippen LogP contribution < -0.4 is 4.74 Å². The zero-order valence-electron chi connectivity index (χ0n) is 16.2. The van der Waals surface area contributed by atoms with E-state index in [0.29, 0.717) is 26.2 Å². The van der Waals surface area contributed by atoms with Gasteiger partial charge in [0.25, 0.3) is 0 Å². The summed E-state index contributed by atoms with van der Waals surface area (Å²) in [5, 5.41) is 0. The molecule has 0 spiro atoms. The molecular weight excluding hydrogens is 344 g/mol. The summed E-state index contributed by atoms with van der Waals surface area (Å²) in [5.41, 5.74) is 0.259. The maximum Gasteiger partial charge on any atom is 0.410 e. The second-order valence-corrected chi connectivity index (χ2v) is 8.03. The van der Waals surface area contributed by atoms with Gasteiger partial charge in [-0.2, -0.15) is 0 Å². The van der Waals surface area contributed by atoms with Crippen LogP contribution >= 0.6 is 0 Å². The first kappa shape index (κ1) is 18.1. The summed E-state index contributed by atoms with van der Waals surface area (Å²) in [5.74, 6) is 1.01. The van der Waals surface area contributed by atoms with E-state index in [9.17, 15) is 9.59 Å². The van der Waals surface area contributed by atoms with Gasteiger partial charge < -0.3 is 14.4 Å². The molecule has 0 aromatic heterocycles. The molecule has 6 nitrogen and oxygen atoms in total. The lowest BCUT2D eigenvalue weighted by Crippen LogP contribution is -2.64. The van der Waals surface area contributed by atoms with Gasteiger partial charge in [-0.25, -0.2) is 4.79 Å². The highest BCUT2D eigenvalue weighted by Gasteiger charge is 2.53. The molecule has 0 N–H and O–H groups in total. The highest BCUT2D eigenvalue weighted by molar-refractivity contribution is 5.89. The van der Waals surface area contributed by atoms with Crippen LogP contribution in [0.15, 0.2) is 24.3 Å². The van der Waals surface area contributed by atoms with Crippen LogP contribution in [0.3, 0.4) is 0 Å². The van der Waals surface area contributed by atoms with Gasteiger partial charge in [0.1, 0.15) is 12.4 Å². The number of cyclic esters (lactones) is 1. The number of fused-ring (bicyclic) bond motifs is 1. The quantitative estimate of drug-likeness (QED) is 0.815. The van der Waals surface area contributed by atoms with Crippen molar-refractivity contribution in [1.29, 1.82) is 0 Å². The van der Waals surface area contributed by atoms with Crippen molar-refractivity contribution in [2.75, 3.05) is 33.4 Å². The molecule has 3 fully saturated rings. The van der Waals surface area contributed by atoms with Crippen LogP contribution in [0.2, 0.25) is 0 Å². The molecule has 2 aliphatic heterocycles. The number of carbonyl (C=O) groups is 2. The summed E-state index contributed by atoms with van der Waals surface area (Å²) in [7, 11) is 1.65. The first-order valence-corrected chi connectivity index (χ1v) is 9.93. The Hall–Kier alpha value is -2.24. The van der Waals surface area contributed by atoms with Crippen LogP contribution in [0.25, 0.3) is 0 Å². The third kappa shape index (κ3) is 2.77. The smallest absolute Gasteiger partial charge is 0.410 e. The Morgan fingerprint density at radius 2 is 1.89 bits per heavy atom. The van der Waals surface area contributed by atoms with Crippen molar-refractivity contribution >= 4 is 12.0 Å². The van der Waals surface area contributed by atoms with E-state index >= 15 is 0 Å². The minimum absolute atomic E-state index is 0.206. The van der Waals surface area contributed by atoms with Crippen molar-refractivity contribution in [2.24, 2.45) is 0 Å². The van der Waals surface area contributed by atoms with E-state index in [2.05, 4.69) is 6.92 Å². The van der Waals surface area contributed by atoms with Gasteiger partial charge in [0.15, 0.2) is 0 Å². The van der Waals surface area contributed by atoms with Gasteiger partial charge in [-0.05, 0) is 37.0 Å². The van der Waals surface area contributed by atoms with E-state index < -0.39 is 5.41 Å². The highest BCUT2D eigenvalue weighted by Crippen LogP contribution is 2.44. The number of ether oxygens (including phenoxy) is 2. The summed E-state index contributed by atoms with van der Waals surface area (Å²) in [6.07, 6.45) is 4.45. The molecule has 0 bridgehead atoms. The minimum Gasteiger partial charge on any atom is -0.497 e. The van der Waals surface area contributed by atoms with Gasteiger partial charge in [0.2, 0.25) is 5.91 Å². The van der Waals surface area contributed by atoms with Crippen LogP contribution in [-0.4, -0.2) is 60.7 Å². The van der Waals surface area contributed by atoms with Gasteiger partial charge >= 0.3 is 6.09 Å². The molecule has 2 amide bonds. The molecule has 146 valence electrons. The summed E-state index contributed by atoms with van der Waals surface area (Å²) in [6, 6.07) is 7.96. The Morgan fingerprint density at radius 1 is 1.19 bits per heavy atom. The number of piperazine rings is 1. The van der Waals surface area contributed by atoms with Crippen LogP contribution in [0.1, 0.15) is 44.6 Å². The fraction of sp³-hybridized carbons (Fsp3) is 0.619. The fourth-order valence-corrected chi connectivity index (χ4v) is 5.06. The zero-order chi connectivity index (χ0) is 19.1. The number of benzene rings is 1. The van der Waals surface area contributed by atoms with E-state index in [-0.39, 0.29) is 17.5 Å². The van der Waals surface area contributed by atoms with Crippen molar-refractivity contribution in [2.45, 2.75) is 50.0 Å². The monoisotopic (exact) mass is 372 g/mol. The Balaban J connectivity index is 1.62. The van der Waals surface area contributed by atoms with Crippen molar-refractivity contribution in [3.05, 3.63) is 29.8 Å². The number of carbonyl (C=O) groups excluding carboxylic acids is 2. The number of nitrogens with zero attached hydrogens (tertiary/aromatic N) is 2. The van der Waals surface area contributed by atoms with E-state index in [1.165, 1.54) is 0 Å². The van der Waals surface area contributed by atoms with Crippen molar-refractivity contribution in [3.8, 4) is 5.75 Å². The molecule has 1 aromatic rings. The third-order valence-corrected chi connectivity index (χ3v) is 6.79. The van der Waals surface area contributed by atoms with E-state index in [1.54, 1.807) is 7.11 Å². The van der Waals surface area contributed by atoms with Crippen molar-refractivity contribution < 1.29 is 19.1 Å². The fourth-order valence-electron chi connectivity index (χ4n) is 5.06. The van der Waals surface area contributed by atoms with E-state index in [1.807, 2.05) is 34.1 Å². The average Bonchev–Trinajstić information content (AvgIpc) is 3.34. The molecule has 1 atom stereocenters. The first-order chi connectivity index (χ1) is 13.0. The molecule has 1 aromatic carbocycles. The second kappa shape index (κ2) is 6.73. The molecule has 2 saturated heterocycles. The third-order valence-electron chi connectivity index (χ3n) is 6.79. The van der Waals surface area contributed by atoms with Gasteiger partial charge in [0, 0.05) is 19.6 Å². The van der Waals surface area contributed by atoms with Gasteiger partial charge in [-0.3, -0.25) is 9.69 Å². The van der Waals surface area contributed by atoms with Crippen molar-refractivity contribution in [3.63, 3.8) is 0 Å². The molecule has 27 heavy (non-hydrogen) atoms. The molecule has 3 aliphatic rings. The van der Waals surface area contributed by atoms with Crippen LogP contribution in [0.4, 0.5) is 4.79 Å². The standard InChI is InChI=1S/C21H28N2O4/c1-3-20-14-22(12-13-23(20)19(25)27-15-20)18(24)21(10-4-5-11-21)16-6-8-17(26-2)9-7-16/h6-9H,3-5,10-15H2,1-2H3. The number of hydrogen-bond donors (Lipinski definition) is 0. The molecular formula is C21H28N2O4. The van der Waals surface area contributed by atoms with Crippen LogP contribution in [-0.2, 0) is 14.9 Å². The van der Waals surface area contributed by atoms with Crippen LogP contribution in [0, 0.1) is 0 Å². The van der Waals surface area contributed by atoms with Gasteiger partial charge in [-0.15, -0.1) is 0 Å². The van der Waals surface area contributed by atoms with Gasteiger partial charge in [-0.1, -0.05) is 31.9 Å². The normalized spacial score (nSPS) is 26.7. The lowest BCUT2D eigenvalue weighted by atomic mass is 9.76. The maximum atomic E-state index is 13.8. The minimum atomic E-state index is -0.452. The largest absolute Gasteiger partial charge is 0.497 e. The van der Waals surface area contributed by atoms with Gasteiger partial charge in [0.05, 0.1) is 18.1 Å². The SMILES string of the molecule is CCC12COC(=O)N1CCN(C(=O)C1(c3ccc(OC)cc3)CCCC1)C2. The number of rotatable bonds is 4. The summed E-state index contributed by atoms with van der Waals surface area (Å²) >= 11 is 0. The average molecular weight is 372 g/mol. The molecule has 1 aliphatic carbocycles. The first-order valence-electron chi connectivity index (χ1n) is 9.93. The summed E-state index contributed by atoms with van der Waals surface area (Å²) in [6.45, 7) is 4.13. The predicted octanol–water partition coefficient (Wildman–Crippen LogP) is 2.95. The Bertz CT molecular complexity index is 726. The molecule has 1 unspecified atom stereocenters. The predicted molar refractivity (Wildman–Crippen MR) is 101 cm³/mol. The van der Waals surface area contributed by atoms with Crippen molar-refractivity contribution in [1.82, 2.24) is 9.80 Å². The Kier molecular flexibility index (Phi) is 4.52. The second-order valence-electron chi connectivity index (χ2n) is 8.03. The topological polar surface area (TPSA) is 59.1 Å². The lowest BCUT2D eigenvalue weighted by molar-refractivity contribution is -0.141. The molecule has 1 saturated carbocycles. The van der Waals surface area contributed by atoms with E-state index in [4.69, 9.17) is 9.47 Å². The number of amides is 2. The molecule has 6 heteroatoms.